The number of nitrogens with zero attached hydrogens (tertiary/aromatic N) is 1. The second kappa shape index (κ2) is 6.41. The summed E-state index contributed by atoms with van der Waals surface area (Å²) < 4.78 is 5.24. The van der Waals surface area contributed by atoms with E-state index in [0.29, 0.717) is 23.1 Å². The molecule has 4 nitrogen and oxygen atoms in total. The number of methoxy groups -OCH3 is 1. The molecule has 1 amide bonds. The van der Waals surface area contributed by atoms with Crippen LogP contribution in [0, 0.1) is 12.8 Å². The van der Waals surface area contributed by atoms with Gasteiger partial charge in [0.2, 0.25) is 0 Å². The molecule has 6 heteroatoms. The third kappa shape index (κ3) is 2.96. The van der Waals surface area contributed by atoms with Crippen LogP contribution in [0.2, 0.25) is 0 Å². The van der Waals surface area contributed by atoms with E-state index < -0.39 is 0 Å². The van der Waals surface area contributed by atoms with E-state index in [4.69, 9.17) is 10.5 Å². The molecule has 0 bridgehead atoms. The molecule has 0 aliphatic carbocycles. The summed E-state index contributed by atoms with van der Waals surface area (Å²) in [6, 6.07) is 1.91. The molecule has 102 valence electrons. The van der Waals surface area contributed by atoms with Crippen LogP contribution in [0.1, 0.15) is 21.0 Å². The molecule has 1 saturated heterocycles. The third-order valence-corrected chi connectivity index (χ3v) is 4.16. The minimum Gasteiger partial charge on any atom is -0.495 e. The van der Waals surface area contributed by atoms with Gasteiger partial charge in [-0.25, -0.2) is 0 Å². The molecule has 0 aromatic carbocycles. The summed E-state index contributed by atoms with van der Waals surface area (Å²) in [5.74, 6) is 1.22. The summed E-state index contributed by atoms with van der Waals surface area (Å²) in [5, 5.41) is 0. The van der Waals surface area contributed by atoms with Crippen molar-refractivity contribution in [1.82, 2.24) is 4.90 Å². The van der Waals surface area contributed by atoms with E-state index in [1.165, 1.54) is 11.3 Å². The van der Waals surface area contributed by atoms with E-state index in [0.717, 1.165) is 24.4 Å². The first-order chi connectivity index (χ1) is 8.15. The van der Waals surface area contributed by atoms with Crippen molar-refractivity contribution in [1.29, 1.82) is 0 Å². The van der Waals surface area contributed by atoms with Crippen LogP contribution in [0.15, 0.2) is 6.07 Å². The summed E-state index contributed by atoms with van der Waals surface area (Å²) in [7, 11) is 1.60. The van der Waals surface area contributed by atoms with Crippen LogP contribution in [-0.2, 0) is 0 Å². The molecule has 0 spiro atoms. The molecule has 1 aliphatic rings. The number of hydrogen-bond acceptors (Lipinski definition) is 4. The van der Waals surface area contributed by atoms with Gasteiger partial charge in [-0.3, -0.25) is 4.79 Å². The second-order valence-electron chi connectivity index (χ2n) is 4.40. The van der Waals surface area contributed by atoms with Gasteiger partial charge in [0.1, 0.15) is 10.6 Å². The van der Waals surface area contributed by atoms with Gasteiger partial charge in [0, 0.05) is 18.0 Å². The zero-order valence-corrected chi connectivity index (χ0v) is 12.3. The van der Waals surface area contributed by atoms with Crippen LogP contribution < -0.4 is 10.5 Å². The SMILES string of the molecule is COc1cc(C)sc1C(=O)N1CCC(CN)C1.Cl. The standard InChI is InChI=1S/C12H18N2O2S.ClH/c1-8-5-10(16-2)11(17-8)12(15)14-4-3-9(6-13)7-14;/h5,9H,3-4,6-7,13H2,1-2H3;1H. The minimum absolute atomic E-state index is 0. The number of halogens is 1. The minimum atomic E-state index is 0. The monoisotopic (exact) mass is 290 g/mol. The van der Waals surface area contributed by atoms with Gasteiger partial charge in [-0.05, 0) is 31.9 Å². The lowest BCUT2D eigenvalue weighted by Gasteiger charge is -2.15. The van der Waals surface area contributed by atoms with Gasteiger partial charge in [-0.15, -0.1) is 23.7 Å². The van der Waals surface area contributed by atoms with Crippen LogP contribution in [-0.4, -0.2) is 37.6 Å². The number of carbonyl (C=O) groups excluding carboxylic acids is 1. The predicted octanol–water partition coefficient (Wildman–Crippen LogP) is 1.91. The van der Waals surface area contributed by atoms with E-state index in [-0.39, 0.29) is 18.3 Å². The van der Waals surface area contributed by atoms with Crippen molar-refractivity contribution >= 4 is 29.7 Å². The molecule has 0 saturated carbocycles. The number of likely N-dealkylation sites (tertiary alicyclic amines) is 1. The lowest BCUT2D eigenvalue weighted by molar-refractivity contribution is 0.0789. The summed E-state index contributed by atoms with van der Waals surface area (Å²) in [6.45, 7) is 4.22. The quantitative estimate of drug-likeness (QED) is 0.925. The predicted molar refractivity (Wildman–Crippen MR) is 75.9 cm³/mol. The number of amides is 1. The van der Waals surface area contributed by atoms with Gasteiger partial charge >= 0.3 is 0 Å². The van der Waals surface area contributed by atoms with Gasteiger partial charge in [0.15, 0.2) is 0 Å². The summed E-state index contributed by atoms with van der Waals surface area (Å²) in [4.78, 5) is 16.0. The van der Waals surface area contributed by atoms with Crippen LogP contribution in [0.4, 0.5) is 0 Å². The number of hydrogen-bond donors (Lipinski definition) is 1. The third-order valence-electron chi connectivity index (χ3n) is 3.14. The molecule has 1 aromatic rings. The Bertz CT molecular complexity index is 422. The fourth-order valence-corrected chi connectivity index (χ4v) is 3.09. The molecule has 1 aromatic heterocycles. The van der Waals surface area contributed by atoms with Gasteiger partial charge in [-0.1, -0.05) is 0 Å². The Labute approximate surface area is 118 Å². The summed E-state index contributed by atoms with van der Waals surface area (Å²) in [6.07, 6.45) is 1.01. The molecule has 1 aliphatic heterocycles. The Kier molecular flexibility index (Phi) is 5.44. The maximum absolute atomic E-state index is 12.3. The number of thiophene rings is 1. The fraction of sp³-hybridized carbons (Fsp3) is 0.583. The molecular formula is C12H19ClN2O2S. The second-order valence-corrected chi connectivity index (χ2v) is 5.65. The number of nitrogens with two attached hydrogens (primary N) is 1. The van der Waals surface area contributed by atoms with Crippen molar-refractivity contribution in [3.05, 3.63) is 15.8 Å². The highest BCUT2D eigenvalue weighted by Gasteiger charge is 2.28. The van der Waals surface area contributed by atoms with Crippen molar-refractivity contribution in [3.8, 4) is 5.75 Å². The van der Waals surface area contributed by atoms with Crippen LogP contribution >= 0.6 is 23.7 Å². The molecule has 18 heavy (non-hydrogen) atoms. The number of aryl methyl sites for hydroxylation is 1. The highest BCUT2D eigenvalue weighted by Crippen LogP contribution is 2.31. The molecular weight excluding hydrogens is 272 g/mol. The Morgan fingerprint density at radius 1 is 1.67 bits per heavy atom. The fourth-order valence-electron chi connectivity index (χ4n) is 2.14. The highest BCUT2D eigenvalue weighted by atomic mass is 35.5. The van der Waals surface area contributed by atoms with Gasteiger partial charge in [-0.2, -0.15) is 0 Å². The van der Waals surface area contributed by atoms with Crippen molar-refractivity contribution in [2.45, 2.75) is 13.3 Å². The van der Waals surface area contributed by atoms with Crippen molar-refractivity contribution in [2.24, 2.45) is 11.7 Å². The topological polar surface area (TPSA) is 55.6 Å². The first-order valence-electron chi connectivity index (χ1n) is 5.79. The maximum Gasteiger partial charge on any atom is 0.267 e. The highest BCUT2D eigenvalue weighted by molar-refractivity contribution is 7.14. The molecule has 1 atom stereocenters. The van der Waals surface area contributed by atoms with E-state index in [9.17, 15) is 4.79 Å². The molecule has 2 rings (SSSR count). The zero-order valence-electron chi connectivity index (χ0n) is 10.6. The molecule has 2 N–H and O–H groups in total. The lowest BCUT2D eigenvalue weighted by Crippen LogP contribution is -2.29. The Morgan fingerprint density at radius 2 is 2.39 bits per heavy atom. The average molecular weight is 291 g/mol. The molecule has 2 heterocycles. The van der Waals surface area contributed by atoms with E-state index >= 15 is 0 Å². The van der Waals surface area contributed by atoms with E-state index in [1.54, 1.807) is 7.11 Å². The number of carbonyl (C=O) groups is 1. The van der Waals surface area contributed by atoms with Crippen LogP contribution in [0.25, 0.3) is 0 Å². The van der Waals surface area contributed by atoms with E-state index in [1.807, 2.05) is 17.9 Å². The normalized spacial score (nSPS) is 18.6. The van der Waals surface area contributed by atoms with Crippen LogP contribution in [0.5, 0.6) is 5.75 Å². The largest absolute Gasteiger partial charge is 0.495 e. The molecule has 1 unspecified atom stereocenters. The van der Waals surface area contributed by atoms with Crippen molar-refractivity contribution in [2.75, 3.05) is 26.7 Å². The van der Waals surface area contributed by atoms with Gasteiger partial charge < -0.3 is 15.4 Å². The maximum atomic E-state index is 12.3. The number of rotatable bonds is 3. The Hall–Kier alpha value is -0.780. The van der Waals surface area contributed by atoms with E-state index in [2.05, 4.69) is 0 Å². The zero-order chi connectivity index (χ0) is 12.4. The first kappa shape index (κ1) is 15.3. The van der Waals surface area contributed by atoms with Gasteiger partial charge in [0.25, 0.3) is 5.91 Å². The van der Waals surface area contributed by atoms with Crippen molar-refractivity contribution in [3.63, 3.8) is 0 Å². The first-order valence-corrected chi connectivity index (χ1v) is 6.61. The number of ether oxygens (including phenoxy) is 1. The molecule has 1 fully saturated rings. The summed E-state index contributed by atoms with van der Waals surface area (Å²) in [5.41, 5.74) is 5.63. The summed E-state index contributed by atoms with van der Waals surface area (Å²) >= 11 is 1.50. The van der Waals surface area contributed by atoms with Crippen LogP contribution in [0.3, 0.4) is 0 Å². The smallest absolute Gasteiger partial charge is 0.267 e. The van der Waals surface area contributed by atoms with Crippen molar-refractivity contribution < 1.29 is 9.53 Å². The van der Waals surface area contributed by atoms with Gasteiger partial charge in [0.05, 0.1) is 7.11 Å². The molecule has 0 radical (unpaired) electrons. The lowest BCUT2D eigenvalue weighted by atomic mass is 10.1. The Morgan fingerprint density at radius 3 is 2.94 bits per heavy atom. The average Bonchev–Trinajstić information content (AvgIpc) is 2.93. The Balaban J connectivity index is 0.00000162.